The second-order valence-electron chi connectivity index (χ2n) is 6.21. The fraction of sp³-hybridized carbons (Fsp3) is 0.238. The Bertz CT molecular complexity index is 830. The lowest BCUT2D eigenvalue weighted by Gasteiger charge is -2.22. The first kappa shape index (κ1) is 18.3. The highest BCUT2D eigenvalue weighted by atomic mass is 32.2. The van der Waals surface area contributed by atoms with E-state index in [-0.39, 0.29) is 11.8 Å². The van der Waals surface area contributed by atoms with Crippen LogP contribution >= 0.6 is 11.8 Å². The average molecular weight is 366 g/mol. The van der Waals surface area contributed by atoms with Gasteiger partial charge in [-0.3, -0.25) is 9.59 Å². The van der Waals surface area contributed by atoms with Gasteiger partial charge in [0, 0.05) is 23.2 Å². The van der Waals surface area contributed by atoms with E-state index in [2.05, 4.69) is 5.32 Å². The van der Waals surface area contributed by atoms with Gasteiger partial charge >= 0.3 is 0 Å². The van der Waals surface area contributed by atoms with Crippen molar-refractivity contribution in [2.45, 2.75) is 24.3 Å². The van der Waals surface area contributed by atoms with Crippen LogP contribution in [0, 0.1) is 0 Å². The largest absolute Gasteiger partial charge is 0.341 e. The normalized spacial score (nSPS) is 14.3. The third-order valence-corrected chi connectivity index (χ3v) is 5.17. The molecule has 1 heterocycles. The lowest BCUT2D eigenvalue weighted by atomic mass is 10.2. The van der Waals surface area contributed by atoms with Gasteiger partial charge in [-0.2, -0.15) is 0 Å². The van der Waals surface area contributed by atoms with Crippen LogP contribution in [0.15, 0.2) is 59.5 Å². The lowest BCUT2D eigenvalue weighted by molar-refractivity contribution is -0.124. The number of rotatable bonds is 5. The van der Waals surface area contributed by atoms with Crippen molar-refractivity contribution in [3.05, 3.63) is 65.7 Å². The molecule has 1 aliphatic heterocycles. The van der Waals surface area contributed by atoms with Crippen molar-refractivity contribution in [2.24, 2.45) is 0 Å². The van der Waals surface area contributed by atoms with Crippen LogP contribution in [0.25, 0.3) is 6.08 Å². The number of nitrogens with zero attached hydrogens (tertiary/aromatic N) is 1. The number of carbonyl (C=O) groups is 2. The Morgan fingerprint density at radius 2 is 1.88 bits per heavy atom. The number of hydrogen-bond acceptors (Lipinski definition) is 3. The zero-order valence-corrected chi connectivity index (χ0v) is 15.8. The van der Waals surface area contributed by atoms with Crippen LogP contribution < -0.4 is 10.2 Å². The van der Waals surface area contributed by atoms with E-state index in [0.717, 1.165) is 17.7 Å². The SMILES string of the molecule is CSc1ccc(/C=C/C(=O)NC(C)C(=O)N2CCc3ccccc32)cc1. The van der Waals surface area contributed by atoms with Gasteiger partial charge in [0.05, 0.1) is 0 Å². The third kappa shape index (κ3) is 4.17. The number of hydrogen-bond donors (Lipinski definition) is 1. The molecule has 2 amide bonds. The zero-order valence-electron chi connectivity index (χ0n) is 14.9. The van der Waals surface area contributed by atoms with Gasteiger partial charge in [-0.1, -0.05) is 30.3 Å². The van der Waals surface area contributed by atoms with E-state index in [9.17, 15) is 9.59 Å². The van der Waals surface area contributed by atoms with E-state index in [4.69, 9.17) is 0 Å². The van der Waals surface area contributed by atoms with Crippen molar-refractivity contribution >= 4 is 35.3 Å². The van der Waals surface area contributed by atoms with E-state index in [1.54, 1.807) is 29.7 Å². The maximum atomic E-state index is 12.7. The maximum Gasteiger partial charge on any atom is 0.249 e. The third-order valence-electron chi connectivity index (χ3n) is 4.43. The number of amides is 2. The Labute approximate surface area is 158 Å². The minimum Gasteiger partial charge on any atom is -0.341 e. The molecule has 0 aliphatic carbocycles. The standard InChI is InChI=1S/C21H22N2O2S/c1-15(21(25)23-14-13-17-5-3-4-6-19(17)23)22-20(24)12-9-16-7-10-18(26-2)11-8-16/h3-12,15H,13-14H2,1-2H3,(H,22,24)/b12-9+. The summed E-state index contributed by atoms with van der Waals surface area (Å²) in [6.07, 6.45) is 6.10. The topological polar surface area (TPSA) is 49.4 Å². The van der Waals surface area contributed by atoms with Gasteiger partial charge in [-0.15, -0.1) is 11.8 Å². The molecular weight excluding hydrogens is 344 g/mol. The van der Waals surface area contributed by atoms with Crippen molar-refractivity contribution in [1.29, 1.82) is 0 Å². The second-order valence-corrected chi connectivity index (χ2v) is 7.09. The molecule has 0 bridgehead atoms. The zero-order chi connectivity index (χ0) is 18.5. The van der Waals surface area contributed by atoms with Gasteiger partial charge < -0.3 is 10.2 Å². The van der Waals surface area contributed by atoms with Crippen LogP contribution in [0.2, 0.25) is 0 Å². The van der Waals surface area contributed by atoms with Crippen LogP contribution in [0.1, 0.15) is 18.1 Å². The van der Waals surface area contributed by atoms with Crippen molar-refractivity contribution in [1.82, 2.24) is 5.32 Å². The molecule has 26 heavy (non-hydrogen) atoms. The minimum atomic E-state index is -0.572. The Morgan fingerprint density at radius 1 is 1.15 bits per heavy atom. The first-order valence-corrected chi connectivity index (χ1v) is 9.83. The smallest absolute Gasteiger partial charge is 0.249 e. The summed E-state index contributed by atoms with van der Waals surface area (Å²) in [7, 11) is 0. The number of nitrogens with one attached hydrogen (secondary N) is 1. The van der Waals surface area contributed by atoms with Crippen LogP contribution in [0.5, 0.6) is 0 Å². The highest BCUT2D eigenvalue weighted by Crippen LogP contribution is 2.27. The number of para-hydroxylation sites is 1. The van der Waals surface area contributed by atoms with E-state index < -0.39 is 6.04 Å². The van der Waals surface area contributed by atoms with Crippen molar-refractivity contribution in [2.75, 3.05) is 17.7 Å². The van der Waals surface area contributed by atoms with Gasteiger partial charge in [-0.25, -0.2) is 0 Å². The molecule has 0 saturated heterocycles. The summed E-state index contributed by atoms with van der Waals surface area (Å²) in [5.41, 5.74) is 3.07. The summed E-state index contributed by atoms with van der Waals surface area (Å²) >= 11 is 1.68. The molecule has 134 valence electrons. The monoisotopic (exact) mass is 366 g/mol. The molecular formula is C21H22N2O2S. The number of fused-ring (bicyclic) bond motifs is 1. The maximum absolute atomic E-state index is 12.7. The molecule has 1 atom stereocenters. The summed E-state index contributed by atoms with van der Waals surface area (Å²) in [6, 6.07) is 15.3. The molecule has 0 saturated carbocycles. The highest BCUT2D eigenvalue weighted by molar-refractivity contribution is 7.98. The Hall–Kier alpha value is -2.53. The van der Waals surface area contributed by atoms with Gasteiger partial charge in [0.1, 0.15) is 6.04 Å². The summed E-state index contributed by atoms with van der Waals surface area (Å²) in [5.74, 6) is -0.353. The first-order chi connectivity index (χ1) is 12.6. The van der Waals surface area contributed by atoms with Gasteiger partial charge in [-0.05, 0) is 55.0 Å². The van der Waals surface area contributed by atoms with E-state index in [1.807, 2.05) is 54.8 Å². The Kier molecular flexibility index (Phi) is 5.78. The van der Waals surface area contributed by atoms with E-state index in [0.29, 0.717) is 6.54 Å². The predicted octanol–water partition coefficient (Wildman–Crippen LogP) is 3.52. The number of thioether (sulfide) groups is 1. The van der Waals surface area contributed by atoms with E-state index in [1.165, 1.54) is 16.5 Å². The number of benzene rings is 2. The molecule has 4 nitrogen and oxygen atoms in total. The van der Waals surface area contributed by atoms with Gasteiger partial charge in [0.25, 0.3) is 0 Å². The molecule has 0 aromatic heterocycles. The Balaban J connectivity index is 1.58. The molecule has 3 rings (SSSR count). The molecule has 2 aromatic carbocycles. The van der Waals surface area contributed by atoms with E-state index >= 15 is 0 Å². The average Bonchev–Trinajstić information content (AvgIpc) is 3.10. The Morgan fingerprint density at radius 3 is 2.62 bits per heavy atom. The van der Waals surface area contributed by atoms with Crippen LogP contribution in [0.4, 0.5) is 5.69 Å². The predicted molar refractivity (Wildman–Crippen MR) is 107 cm³/mol. The molecule has 2 aromatic rings. The van der Waals surface area contributed by atoms with Crippen molar-refractivity contribution in [3.8, 4) is 0 Å². The molecule has 1 aliphatic rings. The molecule has 1 N–H and O–H groups in total. The number of carbonyl (C=O) groups excluding carboxylic acids is 2. The molecule has 5 heteroatoms. The fourth-order valence-corrected chi connectivity index (χ4v) is 3.42. The number of anilines is 1. The highest BCUT2D eigenvalue weighted by Gasteiger charge is 2.28. The van der Waals surface area contributed by atoms with Crippen molar-refractivity contribution < 1.29 is 9.59 Å². The fourth-order valence-electron chi connectivity index (χ4n) is 3.01. The van der Waals surface area contributed by atoms with Crippen molar-refractivity contribution in [3.63, 3.8) is 0 Å². The first-order valence-electron chi connectivity index (χ1n) is 8.60. The summed E-state index contributed by atoms with van der Waals surface area (Å²) in [6.45, 7) is 2.39. The van der Waals surface area contributed by atoms with Gasteiger partial charge in [0.15, 0.2) is 0 Å². The minimum absolute atomic E-state index is 0.0824. The van der Waals surface area contributed by atoms with Crippen LogP contribution in [0.3, 0.4) is 0 Å². The summed E-state index contributed by atoms with van der Waals surface area (Å²) in [4.78, 5) is 27.7. The van der Waals surface area contributed by atoms with Crippen LogP contribution in [-0.2, 0) is 16.0 Å². The second kappa shape index (κ2) is 8.23. The van der Waals surface area contributed by atoms with Gasteiger partial charge in [0.2, 0.25) is 11.8 Å². The summed E-state index contributed by atoms with van der Waals surface area (Å²) in [5, 5.41) is 2.76. The lowest BCUT2D eigenvalue weighted by Crippen LogP contribution is -2.46. The quantitative estimate of drug-likeness (QED) is 0.651. The molecule has 1 unspecified atom stereocenters. The molecule has 0 spiro atoms. The molecule has 0 fully saturated rings. The molecule has 0 radical (unpaired) electrons. The summed E-state index contributed by atoms with van der Waals surface area (Å²) < 4.78 is 0. The van der Waals surface area contributed by atoms with Crippen LogP contribution in [-0.4, -0.2) is 30.7 Å².